The van der Waals surface area contributed by atoms with Crippen LogP contribution in [0.1, 0.15) is 11.1 Å². The highest BCUT2D eigenvalue weighted by atomic mass is 16.3. The van der Waals surface area contributed by atoms with Crippen LogP contribution in [0.5, 0.6) is 0 Å². The summed E-state index contributed by atoms with van der Waals surface area (Å²) < 4.78 is 9.15. The van der Waals surface area contributed by atoms with E-state index in [1.54, 1.807) is 0 Å². The minimum atomic E-state index is 0.833. The molecule has 0 saturated heterocycles. The number of furan rings is 1. The van der Waals surface area contributed by atoms with Gasteiger partial charge >= 0.3 is 0 Å². The summed E-state index contributed by atoms with van der Waals surface area (Å²) in [5, 5.41) is 12.5. The molecule has 2 heterocycles. The van der Waals surface area contributed by atoms with Crippen LogP contribution in [0.3, 0.4) is 0 Å². The Kier molecular flexibility index (Phi) is 7.46. The molecule has 13 aromatic rings. The van der Waals surface area contributed by atoms with E-state index in [1.165, 1.54) is 87.5 Å². The van der Waals surface area contributed by atoms with E-state index in [4.69, 9.17) is 4.42 Å². The first-order valence-electron chi connectivity index (χ1n) is 22.1. The lowest BCUT2D eigenvalue weighted by atomic mass is 9.91. The Hall–Kier alpha value is -8.40. The number of para-hydroxylation sites is 4. The van der Waals surface area contributed by atoms with Gasteiger partial charge in [0.05, 0.1) is 22.4 Å². The Balaban J connectivity index is 0.942. The molecule has 14 rings (SSSR count). The molecule has 11 aromatic carbocycles. The molecule has 0 N–H and O–H groups in total. The summed E-state index contributed by atoms with van der Waals surface area (Å²) in [6, 6.07) is 79.8. The molecule has 0 unspecified atom stereocenters. The number of hydrogen-bond donors (Lipinski definition) is 0. The Bertz CT molecular complexity index is 4040. The van der Waals surface area contributed by atoms with Gasteiger partial charge in [0, 0.05) is 39.3 Å². The van der Waals surface area contributed by atoms with Gasteiger partial charge in [0.15, 0.2) is 5.58 Å². The third-order valence-electron chi connectivity index (χ3n) is 13.8. The van der Waals surface area contributed by atoms with Gasteiger partial charge in [-0.25, -0.2) is 0 Å². The van der Waals surface area contributed by atoms with Crippen molar-refractivity contribution in [2.75, 3.05) is 4.90 Å². The average Bonchev–Trinajstić information content (AvgIpc) is 4.04. The molecule has 0 bridgehead atoms. The lowest BCUT2D eigenvalue weighted by molar-refractivity contribution is 0.669. The first-order valence-corrected chi connectivity index (χ1v) is 22.1. The minimum Gasteiger partial charge on any atom is -0.454 e. The van der Waals surface area contributed by atoms with Gasteiger partial charge in [-0.2, -0.15) is 0 Å². The largest absolute Gasteiger partial charge is 0.454 e. The van der Waals surface area contributed by atoms with Crippen LogP contribution in [-0.2, 0) is 6.42 Å². The topological polar surface area (TPSA) is 21.3 Å². The predicted molar refractivity (Wildman–Crippen MR) is 269 cm³/mol. The summed E-state index contributed by atoms with van der Waals surface area (Å²) in [5.41, 5.74) is 16.2. The zero-order valence-electron chi connectivity index (χ0n) is 34.8. The van der Waals surface area contributed by atoms with Crippen LogP contribution in [0.2, 0.25) is 0 Å². The normalized spacial score (nSPS) is 12.3. The van der Waals surface area contributed by atoms with E-state index in [9.17, 15) is 0 Å². The van der Waals surface area contributed by atoms with Crippen LogP contribution >= 0.6 is 0 Å². The second-order valence-electron chi connectivity index (χ2n) is 17.2. The Morgan fingerprint density at radius 1 is 0.375 bits per heavy atom. The number of aromatic nitrogens is 1. The maximum Gasteiger partial charge on any atom is 0.159 e. The second kappa shape index (κ2) is 13.5. The number of fused-ring (bicyclic) bond motifs is 15. The van der Waals surface area contributed by atoms with Crippen LogP contribution in [0, 0.1) is 0 Å². The molecule has 0 radical (unpaired) electrons. The lowest BCUT2D eigenvalue weighted by Gasteiger charge is -2.28. The third kappa shape index (κ3) is 5.10. The van der Waals surface area contributed by atoms with Crippen molar-refractivity contribution in [3.63, 3.8) is 0 Å². The summed E-state index contributed by atoms with van der Waals surface area (Å²) in [5.74, 6) is 0. The van der Waals surface area contributed by atoms with Crippen LogP contribution in [0.15, 0.2) is 223 Å². The zero-order chi connectivity index (χ0) is 41.9. The van der Waals surface area contributed by atoms with E-state index in [-0.39, 0.29) is 0 Å². The van der Waals surface area contributed by atoms with Crippen molar-refractivity contribution in [2.24, 2.45) is 0 Å². The van der Waals surface area contributed by atoms with Crippen molar-refractivity contribution in [2.45, 2.75) is 6.42 Å². The highest BCUT2D eigenvalue weighted by Gasteiger charge is 2.28. The van der Waals surface area contributed by atoms with Crippen LogP contribution in [-0.4, -0.2) is 4.57 Å². The first-order chi connectivity index (χ1) is 31.7. The second-order valence-corrected chi connectivity index (χ2v) is 17.2. The van der Waals surface area contributed by atoms with Crippen molar-refractivity contribution in [3.05, 3.63) is 230 Å². The minimum absolute atomic E-state index is 0.833. The first kappa shape index (κ1) is 35.2. The van der Waals surface area contributed by atoms with E-state index < -0.39 is 0 Å². The van der Waals surface area contributed by atoms with Crippen molar-refractivity contribution < 1.29 is 4.42 Å². The quantitative estimate of drug-likeness (QED) is 0.161. The Morgan fingerprint density at radius 2 is 0.969 bits per heavy atom. The molecule has 0 amide bonds. The van der Waals surface area contributed by atoms with Crippen molar-refractivity contribution in [1.29, 1.82) is 0 Å². The van der Waals surface area contributed by atoms with E-state index in [0.717, 1.165) is 51.1 Å². The van der Waals surface area contributed by atoms with Gasteiger partial charge in [-0.05, 0) is 138 Å². The van der Waals surface area contributed by atoms with Gasteiger partial charge in [0.2, 0.25) is 0 Å². The maximum absolute atomic E-state index is 6.78. The summed E-state index contributed by atoms with van der Waals surface area (Å²) >= 11 is 0. The molecule has 1 aliphatic rings. The molecule has 2 aromatic heterocycles. The Labute approximate surface area is 369 Å². The van der Waals surface area contributed by atoms with Gasteiger partial charge in [-0.1, -0.05) is 146 Å². The fraction of sp³-hybridized carbons (Fsp3) is 0.0164. The van der Waals surface area contributed by atoms with E-state index in [1.807, 2.05) is 0 Å². The fourth-order valence-electron chi connectivity index (χ4n) is 10.9. The van der Waals surface area contributed by atoms with Crippen molar-refractivity contribution in [1.82, 2.24) is 4.57 Å². The number of hydrogen-bond acceptors (Lipinski definition) is 2. The van der Waals surface area contributed by atoms with E-state index >= 15 is 0 Å². The predicted octanol–water partition coefficient (Wildman–Crippen LogP) is 16.9. The molecule has 0 saturated carbocycles. The molecule has 1 aliphatic carbocycles. The SMILES string of the molecule is c1ccc(-n2c3ccccc3c3cc(-c4ccc(N(c5cccc6c5Cc5cc7c8ccccc8c8ccccc8c7cc5-6)c5cccc6c5oc5ccccc56)cc4)ccc32)cc1. The number of anilines is 3. The van der Waals surface area contributed by atoms with Crippen molar-refractivity contribution in [3.8, 4) is 27.9 Å². The smallest absolute Gasteiger partial charge is 0.159 e. The molecular formula is C61H38N2O. The monoisotopic (exact) mass is 814 g/mol. The molecule has 3 heteroatoms. The van der Waals surface area contributed by atoms with E-state index in [2.05, 4.69) is 228 Å². The summed E-state index contributed by atoms with van der Waals surface area (Å²) in [6.07, 6.45) is 0.833. The van der Waals surface area contributed by atoms with Gasteiger partial charge < -0.3 is 13.9 Å². The van der Waals surface area contributed by atoms with Gasteiger partial charge in [-0.15, -0.1) is 0 Å². The third-order valence-corrected chi connectivity index (χ3v) is 13.8. The Morgan fingerprint density at radius 3 is 1.75 bits per heavy atom. The average molecular weight is 815 g/mol. The molecule has 3 nitrogen and oxygen atoms in total. The zero-order valence-corrected chi connectivity index (χ0v) is 34.8. The summed E-state index contributed by atoms with van der Waals surface area (Å²) in [7, 11) is 0. The van der Waals surface area contributed by atoms with Crippen LogP contribution in [0.4, 0.5) is 17.1 Å². The standard InChI is InChI=1S/C61H38N2O/c1-2-14-41(15-3-1)62-56-24-10-8-20-48(56)55-34-39(30-33-58(55)62)38-28-31-42(32-29-38)63(59-26-13-23-50-49-21-9-11-27-60(49)64-61(50)59)57-25-12-22-47-51-37-53-46-19-7-5-17-44(46)43-16-4-6-18-45(43)52(53)35-40(51)36-54(47)57/h1-35,37H,36H2. The number of benzene rings is 11. The summed E-state index contributed by atoms with van der Waals surface area (Å²) in [4.78, 5) is 2.43. The number of nitrogens with zero attached hydrogens (tertiary/aromatic N) is 2. The fourth-order valence-corrected chi connectivity index (χ4v) is 10.9. The molecule has 298 valence electrons. The van der Waals surface area contributed by atoms with Gasteiger partial charge in [0.25, 0.3) is 0 Å². The summed E-state index contributed by atoms with van der Waals surface area (Å²) in [6.45, 7) is 0. The molecule has 0 fully saturated rings. The highest BCUT2D eigenvalue weighted by molar-refractivity contribution is 6.26. The van der Waals surface area contributed by atoms with Crippen LogP contribution in [0.25, 0.3) is 104 Å². The molecular weight excluding hydrogens is 777 g/mol. The molecule has 0 atom stereocenters. The van der Waals surface area contributed by atoms with Gasteiger partial charge in [0.1, 0.15) is 5.58 Å². The highest BCUT2D eigenvalue weighted by Crippen LogP contribution is 2.50. The maximum atomic E-state index is 6.78. The van der Waals surface area contributed by atoms with Gasteiger partial charge in [-0.3, -0.25) is 0 Å². The van der Waals surface area contributed by atoms with Crippen molar-refractivity contribution >= 4 is 93.1 Å². The van der Waals surface area contributed by atoms with Crippen LogP contribution < -0.4 is 4.90 Å². The molecule has 0 spiro atoms. The molecule has 64 heavy (non-hydrogen) atoms. The number of rotatable bonds is 5. The molecule has 0 aliphatic heterocycles. The lowest BCUT2D eigenvalue weighted by Crippen LogP contribution is -2.12. The van der Waals surface area contributed by atoms with E-state index in [0.29, 0.717) is 0 Å².